The van der Waals surface area contributed by atoms with Crippen molar-refractivity contribution in [3.63, 3.8) is 0 Å². The first-order valence-corrected chi connectivity index (χ1v) is 10.6. The van der Waals surface area contributed by atoms with Crippen LogP contribution >= 0.6 is 35.3 Å². The van der Waals surface area contributed by atoms with E-state index in [1.807, 2.05) is 11.8 Å². The van der Waals surface area contributed by atoms with Crippen LogP contribution in [0.15, 0.2) is 28.7 Å². The van der Waals surface area contributed by atoms with E-state index in [1.165, 1.54) is 6.07 Å². The number of nitrogens with one attached hydrogen (secondary N) is 2. The highest BCUT2D eigenvalue weighted by Crippen LogP contribution is 2.24. The van der Waals surface area contributed by atoms with Crippen molar-refractivity contribution in [2.45, 2.75) is 52.1 Å². The maximum Gasteiger partial charge on any atom is 0.191 e. The van der Waals surface area contributed by atoms with Crippen molar-refractivity contribution in [3.8, 4) is 0 Å². The second-order valence-corrected chi connectivity index (χ2v) is 8.90. The Morgan fingerprint density at radius 2 is 2.21 bits per heavy atom. The second-order valence-electron chi connectivity index (χ2n) is 7.96. The van der Waals surface area contributed by atoms with E-state index in [1.54, 1.807) is 23.6 Å². The molecule has 9 heteroatoms. The number of hydrogen-bond donors (Lipinski definition) is 2. The van der Waals surface area contributed by atoms with Gasteiger partial charge in [0.1, 0.15) is 5.01 Å². The average Bonchev–Trinajstić information content (AvgIpc) is 3.29. The summed E-state index contributed by atoms with van der Waals surface area (Å²) in [7, 11) is 0. The fourth-order valence-electron chi connectivity index (χ4n) is 3.07. The van der Waals surface area contributed by atoms with Gasteiger partial charge in [-0.25, -0.2) is 19.4 Å². The largest absolute Gasteiger partial charge is 0.357 e. The lowest BCUT2D eigenvalue weighted by molar-refractivity contribution is 0.571. The quantitative estimate of drug-likeness (QED) is 0.347. The molecule has 1 aliphatic heterocycles. The highest BCUT2D eigenvalue weighted by atomic mass is 127. The zero-order valence-electron chi connectivity index (χ0n) is 17.4. The minimum absolute atomic E-state index is 0. The molecule has 6 nitrogen and oxygen atoms in total. The van der Waals surface area contributed by atoms with E-state index in [0.29, 0.717) is 18.9 Å². The minimum Gasteiger partial charge on any atom is -0.357 e. The van der Waals surface area contributed by atoms with Crippen molar-refractivity contribution in [2.75, 3.05) is 24.5 Å². The average molecular weight is 532 g/mol. The van der Waals surface area contributed by atoms with Crippen LogP contribution in [0.2, 0.25) is 0 Å². The Balaban J connectivity index is 0.00000300. The number of nitrogens with zero attached hydrogens (tertiary/aromatic N) is 4. The van der Waals surface area contributed by atoms with E-state index in [-0.39, 0.29) is 41.3 Å². The Hall–Kier alpha value is -1.49. The van der Waals surface area contributed by atoms with E-state index >= 15 is 0 Å². The van der Waals surface area contributed by atoms with Crippen LogP contribution in [0.1, 0.15) is 44.8 Å². The van der Waals surface area contributed by atoms with E-state index in [2.05, 4.69) is 41.8 Å². The van der Waals surface area contributed by atoms with Crippen molar-refractivity contribution in [3.05, 3.63) is 40.2 Å². The zero-order valence-corrected chi connectivity index (χ0v) is 20.6. The molecular formula is C20H30FIN6S. The molecule has 0 radical (unpaired) electrons. The number of thiazole rings is 1. The molecule has 2 N–H and O–H groups in total. The first-order chi connectivity index (χ1) is 13.4. The third kappa shape index (κ3) is 6.50. The molecule has 2 aromatic rings. The van der Waals surface area contributed by atoms with Crippen molar-refractivity contribution < 1.29 is 4.39 Å². The van der Waals surface area contributed by atoms with Crippen LogP contribution in [0.3, 0.4) is 0 Å². The summed E-state index contributed by atoms with van der Waals surface area (Å²) in [6.45, 7) is 11.3. The summed E-state index contributed by atoms with van der Waals surface area (Å²) in [5, 5.41) is 9.88. The molecule has 3 rings (SSSR count). The maximum atomic E-state index is 14.0. The molecule has 0 aliphatic carbocycles. The van der Waals surface area contributed by atoms with Gasteiger partial charge in [0, 0.05) is 42.7 Å². The lowest BCUT2D eigenvalue weighted by atomic mass is 9.93. The summed E-state index contributed by atoms with van der Waals surface area (Å²) < 4.78 is 14.0. The Labute approximate surface area is 193 Å². The summed E-state index contributed by atoms with van der Waals surface area (Å²) >= 11 is 1.65. The predicted octanol–water partition coefficient (Wildman–Crippen LogP) is 3.93. The number of hydrogen-bond acceptors (Lipinski definition) is 5. The smallest absolute Gasteiger partial charge is 0.191 e. The van der Waals surface area contributed by atoms with Crippen LogP contribution in [-0.2, 0) is 12.0 Å². The number of halogens is 2. The summed E-state index contributed by atoms with van der Waals surface area (Å²) in [4.78, 5) is 15.6. The van der Waals surface area contributed by atoms with E-state index < -0.39 is 0 Å². The van der Waals surface area contributed by atoms with E-state index in [4.69, 9.17) is 9.98 Å². The van der Waals surface area contributed by atoms with Crippen molar-refractivity contribution in [1.29, 1.82) is 0 Å². The molecule has 0 amide bonds. The van der Waals surface area contributed by atoms with Crippen LogP contribution in [0.4, 0.5) is 10.2 Å². The second kappa shape index (κ2) is 10.5. The molecule has 0 bridgehead atoms. The molecule has 0 saturated carbocycles. The first kappa shape index (κ1) is 23.8. The Morgan fingerprint density at radius 3 is 2.86 bits per heavy atom. The van der Waals surface area contributed by atoms with E-state index in [0.717, 1.165) is 36.2 Å². The number of guanidine groups is 1. The van der Waals surface area contributed by atoms with Gasteiger partial charge in [-0.2, -0.15) is 0 Å². The van der Waals surface area contributed by atoms with Gasteiger partial charge in [0.05, 0.1) is 12.2 Å². The van der Waals surface area contributed by atoms with Crippen LogP contribution in [0.5, 0.6) is 0 Å². The summed E-state index contributed by atoms with van der Waals surface area (Å²) in [6, 6.07) is 3.26. The van der Waals surface area contributed by atoms with Gasteiger partial charge in [-0.3, -0.25) is 0 Å². The normalized spacial score (nSPS) is 17.2. The Kier molecular flexibility index (Phi) is 8.62. The van der Waals surface area contributed by atoms with Crippen molar-refractivity contribution >= 4 is 47.1 Å². The van der Waals surface area contributed by atoms with E-state index in [9.17, 15) is 4.39 Å². The van der Waals surface area contributed by atoms with Crippen molar-refractivity contribution in [2.24, 2.45) is 4.99 Å². The molecule has 29 heavy (non-hydrogen) atoms. The van der Waals surface area contributed by atoms with Gasteiger partial charge in [0.2, 0.25) is 0 Å². The highest BCUT2D eigenvalue weighted by molar-refractivity contribution is 14.0. The molecule has 0 spiro atoms. The molecule has 3 heterocycles. The van der Waals surface area contributed by atoms with Gasteiger partial charge in [-0.1, -0.05) is 20.8 Å². The molecule has 160 valence electrons. The van der Waals surface area contributed by atoms with Gasteiger partial charge >= 0.3 is 0 Å². The molecule has 1 saturated heterocycles. The monoisotopic (exact) mass is 532 g/mol. The number of rotatable bonds is 5. The third-order valence-electron chi connectivity index (χ3n) is 4.60. The van der Waals surface area contributed by atoms with Gasteiger partial charge < -0.3 is 15.5 Å². The van der Waals surface area contributed by atoms with Crippen molar-refractivity contribution in [1.82, 2.24) is 20.6 Å². The van der Waals surface area contributed by atoms with Gasteiger partial charge in [0.25, 0.3) is 0 Å². The SMILES string of the molecule is CCNC(=NCc1nc(C(C)(C)C)cs1)NC1CCN(c2ncccc2F)C1.I. The van der Waals surface area contributed by atoms with Gasteiger partial charge in [-0.15, -0.1) is 35.3 Å². The fourth-order valence-corrected chi connectivity index (χ4v) is 4.01. The molecule has 1 unspecified atom stereocenters. The number of aliphatic imine (C=N–C) groups is 1. The lowest BCUT2D eigenvalue weighted by Crippen LogP contribution is -2.44. The van der Waals surface area contributed by atoms with Gasteiger partial charge in [0.15, 0.2) is 17.6 Å². The lowest BCUT2D eigenvalue weighted by Gasteiger charge is -2.19. The topological polar surface area (TPSA) is 65.4 Å². The molecule has 1 atom stereocenters. The van der Waals surface area contributed by atoms with Crippen LogP contribution in [-0.4, -0.2) is 41.6 Å². The Morgan fingerprint density at radius 1 is 1.41 bits per heavy atom. The standard InChI is InChI=1S/C20H29FN6S.HI/c1-5-22-19(24-11-17-26-16(13-28-17)20(2,3)4)25-14-8-10-27(12-14)18-15(21)7-6-9-23-18;/h6-7,9,13-14H,5,8,10-12H2,1-4H3,(H2,22,24,25);1H. The molecule has 1 aliphatic rings. The van der Waals surface area contributed by atoms with Crippen LogP contribution in [0.25, 0.3) is 0 Å². The summed E-state index contributed by atoms with van der Waals surface area (Å²) in [5.41, 5.74) is 1.15. The molecule has 1 fully saturated rings. The first-order valence-electron chi connectivity index (χ1n) is 9.72. The van der Waals surface area contributed by atoms with Gasteiger partial charge in [-0.05, 0) is 25.5 Å². The maximum absolute atomic E-state index is 14.0. The fraction of sp³-hybridized carbons (Fsp3) is 0.550. The zero-order chi connectivity index (χ0) is 20.1. The predicted molar refractivity (Wildman–Crippen MR) is 129 cm³/mol. The van der Waals surface area contributed by atoms with Crippen LogP contribution in [0, 0.1) is 5.82 Å². The summed E-state index contributed by atoms with van der Waals surface area (Å²) in [6.07, 6.45) is 2.54. The van der Waals surface area contributed by atoms with Crippen LogP contribution < -0.4 is 15.5 Å². The highest BCUT2D eigenvalue weighted by Gasteiger charge is 2.26. The number of pyridine rings is 1. The Bertz CT molecular complexity index is 819. The summed E-state index contributed by atoms with van der Waals surface area (Å²) in [5.74, 6) is 0.914. The third-order valence-corrected chi connectivity index (χ3v) is 5.44. The molecule has 0 aromatic carbocycles. The minimum atomic E-state index is -0.276. The molecule has 2 aromatic heterocycles. The molecular weight excluding hydrogens is 502 g/mol. The number of anilines is 1. The number of aromatic nitrogens is 2.